The van der Waals surface area contributed by atoms with Crippen LogP contribution >= 0.6 is 0 Å². The summed E-state index contributed by atoms with van der Waals surface area (Å²) in [6.45, 7) is 3.14. The van der Waals surface area contributed by atoms with Crippen LogP contribution in [0.1, 0.15) is 114 Å². The Labute approximate surface area is 241 Å². The van der Waals surface area contributed by atoms with Gasteiger partial charge in [-0.1, -0.05) is 121 Å². The number of hydrogen-bond donors (Lipinski definition) is 0. The molecule has 0 fully saturated rings. The average Bonchev–Trinajstić information content (AvgIpc) is 2.95. The van der Waals surface area contributed by atoms with E-state index in [4.69, 9.17) is 9.47 Å². The first-order chi connectivity index (χ1) is 19.5. The van der Waals surface area contributed by atoms with Gasteiger partial charge in [0.25, 0.3) is 0 Å². The number of carbonyl (C=O) groups is 2. The molecule has 6 nitrogen and oxygen atoms in total. The molecule has 2 aromatic carbocycles. The van der Waals surface area contributed by atoms with Crippen molar-refractivity contribution in [2.45, 2.75) is 116 Å². The Morgan fingerprint density at radius 1 is 0.625 bits per heavy atom. The van der Waals surface area contributed by atoms with E-state index in [9.17, 15) is 9.59 Å². The quantitative estimate of drug-likeness (QED) is 0.196. The molecular weight excluding hydrogens is 500 g/mol. The molecule has 6 heteroatoms. The van der Waals surface area contributed by atoms with Crippen molar-refractivity contribution in [1.29, 1.82) is 0 Å². The first-order valence-corrected chi connectivity index (χ1v) is 15.6. The zero-order chi connectivity index (χ0) is 28.3. The Morgan fingerprint density at radius 3 is 1.65 bits per heavy atom. The number of hydrogen-bond acceptors (Lipinski definition) is 4. The van der Waals surface area contributed by atoms with E-state index in [-0.39, 0.29) is 12.2 Å². The lowest BCUT2D eigenvalue weighted by atomic mass is 9.87. The number of amides is 2. The van der Waals surface area contributed by atoms with Crippen LogP contribution in [0.25, 0.3) is 11.1 Å². The van der Waals surface area contributed by atoms with Crippen molar-refractivity contribution in [2.24, 2.45) is 0 Å². The van der Waals surface area contributed by atoms with Gasteiger partial charge in [0.15, 0.2) is 0 Å². The Morgan fingerprint density at radius 2 is 1.10 bits per heavy atom. The molecule has 2 heterocycles. The first-order valence-electron chi connectivity index (χ1n) is 15.6. The maximum absolute atomic E-state index is 12.7. The van der Waals surface area contributed by atoms with Gasteiger partial charge in [0.05, 0.1) is 13.1 Å². The molecular formula is C34H48N2O4. The summed E-state index contributed by atoms with van der Waals surface area (Å²) < 4.78 is 11.9. The summed E-state index contributed by atoms with van der Waals surface area (Å²) >= 11 is 0. The highest BCUT2D eigenvalue weighted by atomic mass is 16.6. The van der Waals surface area contributed by atoms with Crippen LogP contribution in [-0.2, 0) is 19.5 Å². The Bertz CT molecular complexity index is 1130. The van der Waals surface area contributed by atoms with Crippen LogP contribution in [0.2, 0.25) is 0 Å². The van der Waals surface area contributed by atoms with Crippen LogP contribution in [0.5, 0.6) is 11.5 Å². The molecule has 2 aliphatic rings. The number of rotatable bonds is 16. The molecule has 0 radical (unpaired) electrons. The fourth-order valence-corrected chi connectivity index (χ4v) is 6.02. The topological polar surface area (TPSA) is 59.1 Å². The molecule has 0 unspecified atom stereocenters. The molecule has 0 aromatic heterocycles. The summed E-state index contributed by atoms with van der Waals surface area (Å²) in [4.78, 5) is 28.5. The van der Waals surface area contributed by atoms with E-state index in [1.165, 1.54) is 77.0 Å². The molecule has 40 heavy (non-hydrogen) atoms. The lowest BCUT2D eigenvalue weighted by molar-refractivity contribution is 0.144. The number of unbranched alkanes of at least 4 members (excludes halogenated alkanes) is 13. The van der Waals surface area contributed by atoms with E-state index in [1.807, 2.05) is 30.3 Å². The van der Waals surface area contributed by atoms with Gasteiger partial charge in [0, 0.05) is 36.3 Å². The maximum Gasteiger partial charge on any atom is 0.415 e. The SMILES string of the molecule is CCCCCCCCCCCCCCCCc1c2c(c(-c3ccccc3)c3c1OC(=O)N(C)C3)OC(=O)N(C)C2. The van der Waals surface area contributed by atoms with E-state index in [0.29, 0.717) is 24.6 Å². The molecule has 0 N–H and O–H groups in total. The number of ether oxygens (including phenoxy) is 2. The third-order valence-electron chi connectivity index (χ3n) is 8.35. The minimum Gasteiger partial charge on any atom is -0.410 e. The summed E-state index contributed by atoms with van der Waals surface area (Å²) in [5.74, 6) is 1.29. The highest BCUT2D eigenvalue weighted by Gasteiger charge is 2.36. The number of benzene rings is 2. The van der Waals surface area contributed by atoms with E-state index in [0.717, 1.165) is 47.1 Å². The van der Waals surface area contributed by atoms with Crippen molar-refractivity contribution >= 4 is 12.2 Å². The Hall–Kier alpha value is -3.02. The van der Waals surface area contributed by atoms with Crippen molar-refractivity contribution in [2.75, 3.05) is 14.1 Å². The summed E-state index contributed by atoms with van der Waals surface area (Å²) in [6.07, 6.45) is 18.5. The van der Waals surface area contributed by atoms with Gasteiger partial charge in [-0.3, -0.25) is 0 Å². The second kappa shape index (κ2) is 15.1. The first kappa shape index (κ1) is 30.0. The molecule has 4 rings (SSSR count). The normalized spacial score (nSPS) is 14.6. The molecule has 2 amide bonds. The molecule has 0 aliphatic carbocycles. The molecule has 0 spiro atoms. The van der Waals surface area contributed by atoms with E-state index in [2.05, 4.69) is 6.92 Å². The van der Waals surface area contributed by atoms with Crippen LogP contribution in [0.15, 0.2) is 30.3 Å². The van der Waals surface area contributed by atoms with Gasteiger partial charge < -0.3 is 19.3 Å². The second-order valence-electron chi connectivity index (χ2n) is 11.6. The molecule has 218 valence electrons. The second-order valence-corrected chi connectivity index (χ2v) is 11.6. The fourth-order valence-electron chi connectivity index (χ4n) is 6.02. The minimum atomic E-state index is -0.353. The van der Waals surface area contributed by atoms with Gasteiger partial charge in [-0.2, -0.15) is 0 Å². The number of carbonyl (C=O) groups excluding carboxylic acids is 2. The summed E-state index contributed by atoms with van der Waals surface area (Å²) in [5, 5.41) is 0. The Kier molecular flexibility index (Phi) is 11.3. The fraction of sp³-hybridized carbons (Fsp3) is 0.588. The summed E-state index contributed by atoms with van der Waals surface area (Å²) in [7, 11) is 3.50. The molecule has 0 bridgehead atoms. The molecule has 2 aromatic rings. The standard InChI is InChI=1S/C34H48N2O4/c1-4-5-6-7-8-9-10-11-12-13-14-15-16-20-23-27-28-24-35(2)34(38)40-32(28)30(26-21-18-17-19-22-26)29-25-36(3)33(37)39-31(27)29/h17-19,21-22H,4-16,20,23-25H2,1-3H3. The van der Waals surface area contributed by atoms with Gasteiger partial charge in [0.1, 0.15) is 11.5 Å². The highest BCUT2D eigenvalue weighted by molar-refractivity contribution is 5.88. The average molecular weight is 549 g/mol. The number of fused-ring (bicyclic) bond motifs is 2. The van der Waals surface area contributed by atoms with Crippen LogP contribution in [0.3, 0.4) is 0 Å². The van der Waals surface area contributed by atoms with Crippen LogP contribution in [0.4, 0.5) is 9.59 Å². The zero-order valence-corrected chi connectivity index (χ0v) is 24.9. The summed E-state index contributed by atoms with van der Waals surface area (Å²) in [5.41, 5.74) is 4.72. The Balaban J connectivity index is 1.38. The van der Waals surface area contributed by atoms with E-state index >= 15 is 0 Å². The zero-order valence-electron chi connectivity index (χ0n) is 24.9. The highest BCUT2D eigenvalue weighted by Crippen LogP contribution is 2.49. The predicted octanol–water partition coefficient (Wildman–Crippen LogP) is 9.27. The molecule has 2 aliphatic heterocycles. The van der Waals surface area contributed by atoms with Crippen molar-refractivity contribution in [3.8, 4) is 22.6 Å². The van der Waals surface area contributed by atoms with Gasteiger partial charge in [-0.05, 0) is 18.4 Å². The van der Waals surface area contributed by atoms with E-state index in [1.54, 1.807) is 23.9 Å². The third-order valence-corrected chi connectivity index (χ3v) is 8.35. The van der Waals surface area contributed by atoms with Gasteiger partial charge >= 0.3 is 12.2 Å². The largest absolute Gasteiger partial charge is 0.415 e. The lowest BCUT2D eigenvalue weighted by Gasteiger charge is -2.34. The smallest absolute Gasteiger partial charge is 0.410 e. The van der Waals surface area contributed by atoms with Crippen LogP contribution in [0, 0.1) is 0 Å². The van der Waals surface area contributed by atoms with Crippen LogP contribution < -0.4 is 9.47 Å². The minimum absolute atomic E-state index is 0.338. The van der Waals surface area contributed by atoms with Crippen molar-refractivity contribution < 1.29 is 19.1 Å². The summed E-state index contributed by atoms with van der Waals surface area (Å²) in [6, 6.07) is 9.97. The van der Waals surface area contributed by atoms with Gasteiger partial charge in [0.2, 0.25) is 0 Å². The molecule has 0 atom stereocenters. The third kappa shape index (κ3) is 7.58. The molecule has 0 saturated carbocycles. The van der Waals surface area contributed by atoms with Crippen LogP contribution in [-0.4, -0.2) is 36.1 Å². The van der Waals surface area contributed by atoms with Crippen molar-refractivity contribution in [3.63, 3.8) is 0 Å². The predicted molar refractivity (Wildman–Crippen MR) is 161 cm³/mol. The maximum atomic E-state index is 12.7. The lowest BCUT2D eigenvalue weighted by Crippen LogP contribution is -2.38. The molecule has 0 saturated heterocycles. The van der Waals surface area contributed by atoms with Gasteiger partial charge in [-0.15, -0.1) is 0 Å². The number of nitrogens with zero attached hydrogens (tertiary/aromatic N) is 2. The monoisotopic (exact) mass is 548 g/mol. The van der Waals surface area contributed by atoms with Crippen molar-refractivity contribution in [1.82, 2.24) is 9.80 Å². The van der Waals surface area contributed by atoms with E-state index < -0.39 is 0 Å². The van der Waals surface area contributed by atoms with Crippen molar-refractivity contribution in [3.05, 3.63) is 47.0 Å². The van der Waals surface area contributed by atoms with Gasteiger partial charge in [-0.25, -0.2) is 9.59 Å².